The Labute approximate surface area is 159 Å². The highest BCUT2D eigenvalue weighted by Gasteiger charge is 2.18. The zero-order chi connectivity index (χ0) is 17.8. The highest BCUT2D eigenvalue weighted by Crippen LogP contribution is 2.31. The maximum atomic E-state index is 4.44. The molecular weight excluding hydrogens is 366 g/mol. The molecule has 0 saturated heterocycles. The first-order valence-electron chi connectivity index (χ1n) is 8.29. The second kappa shape index (κ2) is 7.79. The Kier molecular flexibility index (Phi) is 5.07. The van der Waals surface area contributed by atoms with E-state index in [0.29, 0.717) is 5.75 Å². The Hall–Kier alpha value is -2.52. The van der Waals surface area contributed by atoms with Crippen molar-refractivity contribution >= 4 is 23.1 Å². The second-order valence-corrected chi connectivity index (χ2v) is 7.45. The average molecular weight is 384 g/mol. The van der Waals surface area contributed by atoms with Gasteiger partial charge in [0.2, 0.25) is 0 Å². The number of hydrogen-bond acceptors (Lipinski definition) is 7. The molecule has 0 aliphatic heterocycles. The van der Waals surface area contributed by atoms with Crippen molar-refractivity contribution in [1.29, 1.82) is 0 Å². The van der Waals surface area contributed by atoms with E-state index >= 15 is 0 Å². The van der Waals surface area contributed by atoms with E-state index in [0.717, 1.165) is 40.3 Å². The topological polar surface area (TPSA) is 74.3 Å². The first-order valence-corrected chi connectivity index (χ1v) is 10.2. The minimum absolute atomic E-state index is 0.641. The number of nitrogens with zero attached hydrogens (tertiary/aromatic N) is 7. The maximum Gasteiger partial charge on any atom is 0.196 e. The standard InChI is InChI=1S/C17H17N7S2/c1-2-10-23-15(18-21-22-23)12-26-17-20-19-16(14-9-6-11-25-14)24(17)13-7-4-3-5-8-13/h3-9,11H,2,10,12H2,1H3. The van der Waals surface area contributed by atoms with Gasteiger partial charge in [0.15, 0.2) is 16.8 Å². The zero-order valence-corrected chi connectivity index (χ0v) is 15.8. The number of tetrazole rings is 1. The lowest BCUT2D eigenvalue weighted by molar-refractivity contribution is 0.564. The summed E-state index contributed by atoms with van der Waals surface area (Å²) in [5, 5.41) is 23.7. The molecular formula is C17H17N7S2. The Morgan fingerprint density at radius 3 is 2.69 bits per heavy atom. The number of aromatic nitrogens is 7. The summed E-state index contributed by atoms with van der Waals surface area (Å²) in [5.74, 6) is 2.33. The first kappa shape index (κ1) is 16.9. The van der Waals surface area contributed by atoms with Gasteiger partial charge in [-0.15, -0.1) is 26.6 Å². The van der Waals surface area contributed by atoms with E-state index in [1.165, 1.54) is 0 Å². The predicted octanol–water partition coefficient (Wildman–Crippen LogP) is 3.68. The van der Waals surface area contributed by atoms with Crippen molar-refractivity contribution in [2.75, 3.05) is 0 Å². The van der Waals surface area contributed by atoms with Crippen molar-refractivity contribution in [3.05, 3.63) is 53.7 Å². The van der Waals surface area contributed by atoms with Crippen LogP contribution in [0.2, 0.25) is 0 Å². The molecule has 26 heavy (non-hydrogen) atoms. The van der Waals surface area contributed by atoms with E-state index in [4.69, 9.17) is 0 Å². The molecule has 7 nitrogen and oxygen atoms in total. The van der Waals surface area contributed by atoms with Crippen LogP contribution in [0.1, 0.15) is 19.2 Å². The van der Waals surface area contributed by atoms with E-state index in [1.54, 1.807) is 23.1 Å². The Bertz CT molecular complexity index is 960. The number of para-hydroxylation sites is 1. The number of rotatable bonds is 7. The number of thioether (sulfide) groups is 1. The van der Waals surface area contributed by atoms with Crippen LogP contribution in [0.5, 0.6) is 0 Å². The van der Waals surface area contributed by atoms with E-state index in [1.807, 2.05) is 34.3 Å². The van der Waals surface area contributed by atoms with Gasteiger partial charge < -0.3 is 0 Å². The van der Waals surface area contributed by atoms with Crippen LogP contribution in [-0.2, 0) is 12.3 Å². The van der Waals surface area contributed by atoms with E-state index in [-0.39, 0.29) is 0 Å². The summed E-state index contributed by atoms with van der Waals surface area (Å²) in [5.41, 5.74) is 1.04. The van der Waals surface area contributed by atoms with Crippen molar-refractivity contribution in [2.24, 2.45) is 0 Å². The molecule has 0 fully saturated rings. The highest BCUT2D eigenvalue weighted by atomic mass is 32.2. The van der Waals surface area contributed by atoms with Gasteiger partial charge in [0.05, 0.1) is 10.6 Å². The number of hydrogen-bond donors (Lipinski definition) is 0. The minimum atomic E-state index is 0.641. The quantitative estimate of drug-likeness (QED) is 0.453. The van der Waals surface area contributed by atoms with Crippen LogP contribution in [0.15, 0.2) is 53.0 Å². The van der Waals surface area contributed by atoms with Gasteiger partial charge in [-0.1, -0.05) is 43.0 Å². The molecule has 0 spiro atoms. The SMILES string of the molecule is CCCn1nnnc1CSc1nnc(-c2cccs2)n1-c1ccccc1. The molecule has 3 aromatic heterocycles. The smallest absolute Gasteiger partial charge is 0.196 e. The van der Waals surface area contributed by atoms with Crippen LogP contribution >= 0.6 is 23.1 Å². The lowest BCUT2D eigenvalue weighted by Crippen LogP contribution is -2.05. The maximum absolute atomic E-state index is 4.44. The van der Waals surface area contributed by atoms with Crippen LogP contribution in [0, 0.1) is 0 Å². The highest BCUT2D eigenvalue weighted by molar-refractivity contribution is 7.98. The number of aryl methyl sites for hydroxylation is 1. The van der Waals surface area contributed by atoms with Crippen LogP contribution < -0.4 is 0 Å². The van der Waals surface area contributed by atoms with Crippen molar-refractivity contribution in [2.45, 2.75) is 30.8 Å². The van der Waals surface area contributed by atoms with Crippen LogP contribution in [0.25, 0.3) is 16.4 Å². The van der Waals surface area contributed by atoms with Gasteiger partial charge in [-0.25, -0.2) is 4.68 Å². The third-order valence-corrected chi connectivity index (χ3v) is 5.55. The molecule has 0 unspecified atom stereocenters. The van der Waals surface area contributed by atoms with Crippen molar-refractivity contribution in [3.63, 3.8) is 0 Å². The van der Waals surface area contributed by atoms with Crippen molar-refractivity contribution in [1.82, 2.24) is 35.0 Å². The van der Waals surface area contributed by atoms with E-state index in [2.05, 4.69) is 55.4 Å². The molecule has 0 amide bonds. The average Bonchev–Trinajstić information content (AvgIpc) is 3.41. The Morgan fingerprint density at radius 1 is 1.04 bits per heavy atom. The third kappa shape index (κ3) is 3.40. The molecule has 0 radical (unpaired) electrons. The molecule has 0 N–H and O–H groups in total. The summed E-state index contributed by atoms with van der Waals surface area (Å²) in [6, 6.07) is 14.2. The van der Waals surface area contributed by atoms with Gasteiger partial charge in [-0.2, -0.15) is 0 Å². The molecule has 1 aromatic carbocycles. The molecule has 0 atom stereocenters. The summed E-state index contributed by atoms with van der Waals surface area (Å²) in [6.45, 7) is 2.92. The summed E-state index contributed by atoms with van der Waals surface area (Å²) in [6.07, 6.45) is 0.991. The Morgan fingerprint density at radius 2 is 1.92 bits per heavy atom. The molecule has 9 heteroatoms. The molecule has 132 valence electrons. The van der Waals surface area contributed by atoms with Crippen LogP contribution in [-0.4, -0.2) is 35.0 Å². The van der Waals surface area contributed by atoms with Gasteiger partial charge in [-0.3, -0.25) is 4.57 Å². The summed E-state index contributed by atoms with van der Waals surface area (Å²) >= 11 is 3.24. The molecule has 0 bridgehead atoms. The first-order chi connectivity index (χ1) is 12.9. The molecule has 3 heterocycles. The largest absolute Gasteiger partial charge is 0.269 e. The van der Waals surface area contributed by atoms with E-state index < -0.39 is 0 Å². The lowest BCUT2D eigenvalue weighted by Gasteiger charge is -2.09. The fourth-order valence-corrected chi connectivity index (χ4v) is 4.16. The molecule has 0 aliphatic carbocycles. The van der Waals surface area contributed by atoms with Gasteiger partial charge in [0.1, 0.15) is 0 Å². The third-order valence-electron chi connectivity index (χ3n) is 3.76. The summed E-state index contributed by atoms with van der Waals surface area (Å²) < 4.78 is 3.93. The lowest BCUT2D eigenvalue weighted by atomic mass is 10.3. The van der Waals surface area contributed by atoms with Crippen molar-refractivity contribution < 1.29 is 0 Å². The van der Waals surface area contributed by atoms with Crippen LogP contribution in [0.4, 0.5) is 0 Å². The van der Waals surface area contributed by atoms with Gasteiger partial charge >= 0.3 is 0 Å². The minimum Gasteiger partial charge on any atom is -0.269 e. The normalized spacial score (nSPS) is 11.1. The fraction of sp³-hybridized carbons (Fsp3) is 0.235. The molecule has 0 aliphatic rings. The van der Waals surface area contributed by atoms with E-state index in [9.17, 15) is 0 Å². The van der Waals surface area contributed by atoms with Gasteiger partial charge in [0.25, 0.3) is 0 Å². The van der Waals surface area contributed by atoms with Gasteiger partial charge in [0, 0.05) is 12.2 Å². The predicted molar refractivity (Wildman–Crippen MR) is 102 cm³/mol. The van der Waals surface area contributed by atoms with Gasteiger partial charge in [-0.05, 0) is 40.4 Å². The zero-order valence-electron chi connectivity index (χ0n) is 14.2. The van der Waals surface area contributed by atoms with Crippen molar-refractivity contribution in [3.8, 4) is 16.4 Å². The molecule has 4 rings (SSSR count). The fourth-order valence-electron chi connectivity index (χ4n) is 2.58. The molecule has 4 aromatic rings. The number of thiophene rings is 1. The second-order valence-electron chi connectivity index (χ2n) is 5.56. The number of benzene rings is 1. The summed E-state index contributed by atoms with van der Waals surface area (Å²) in [4.78, 5) is 1.09. The summed E-state index contributed by atoms with van der Waals surface area (Å²) in [7, 11) is 0. The monoisotopic (exact) mass is 383 g/mol. The Balaban J connectivity index is 1.67. The van der Waals surface area contributed by atoms with Crippen LogP contribution in [0.3, 0.4) is 0 Å². The molecule has 0 saturated carbocycles.